The molecular weight excluding hydrogens is 275 g/mol. The zero-order valence-electron chi connectivity index (χ0n) is 11.2. The normalized spacial score (nSPS) is 11.2. The fourth-order valence-corrected chi connectivity index (χ4v) is 1.34. The van der Waals surface area contributed by atoms with Gasteiger partial charge in [-0.1, -0.05) is 0 Å². The largest absolute Gasteiger partial charge is 0.411 e. The number of aromatic nitrogens is 1. The second-order valence-electron chi connectivity index (χ2n) is 4.22. The zero-order valence-corrected chi connectivity index (χ0v) is 11.2. The van der Waals surface area contributed by atoms with Crippen LogP contribution < -0.4 is 5.32 Å². The Bertz CT molecular complexity index is 450. The Balaban J connectivity index is 2.41. The number of pyridine rings is 1. The lowest BCUT2D eigenvalue weighted by atomic mass is 10.3. The molecule has 0 fully saturated rings. The van der Waals surface area contributed by atoms with Crippen LogP contribution in [0.3, 0.4) is 0 Å². The number of alkyl halides is 3. The van der Waals surface area contributed by atoms with Crippen molar-refractivity contribution in [2.24, 2.45) is 0 Å². The number of hydrogen-bond donors (Lipinski definition) is 1. The minimum Gasteiger partial charge on any atom is -0.383 e. The van der Waals surface area contributed by atoms with Crippen molar-refractivity contribution in [2.45, 2.75) is 6.18 Å². The number of hydrogen-bond acceptors (Lipinski definition) is 4. The summed E-state index contributed by atoms with van der Waals surface area (Å²) in [6.07, 6.45) is -2.86. The molecule has 1 amide bonds. The van der Waals surface area contributed by atoms with Gasteiger partial charge >= 0.3 is 6.18 Å². The Labute approximate surface area is 114 Å². The van der Waals surface area contributed by atoms with Crippen molar-refractivity contribution in [3.63, 3.8) is 0 Å². The lowest BCUT2D eigenvalue weighted by molar-refractivity contribution is -0.172. The van der Waals surface area contributed by atoms with Crippen molar-refractivity contribution < 1.29 is 22.7 Å². The molecule has 1 heterocycles. The smallest absolute Gasteiger partial charge is 0.383 e. The van der Waals surface area contributed by atoms with Crippen LogP contribution in [-0.4, -0.2) is 55.8 Å². The molecule has 0 saturated heterocycles. The van der Waals surface area contributed by atoms with E-state index >= 15 is 0 Å². The molecule has 0 radical (unpaired) electrons. The summed E-state index contributed by atoms with van der Waals surface area (Å²) in [4.78, 5) is 17.0. The average molecular weight is 291 g/mol. The van der Waals surface area contributed by atoms with Gasteiger partial charge < -0.3 is 15.0 Å². The van der Waals surface area contributed by atoms with E-state index in [1.54, 1.807) is 20.2 Å². The Morgan fingerprint density at radius 1 is 1.45 bits per heavy atom. The molecule has 1 N–H and O–H groups in total. The van der Waals surface area contributed by atoms with E-state index in [1.807, 2.05) is 0 Å². The Hall–Kier alpha value is -1.83. The maximum atomic E-state index is 11.8. The van der Waals surface area contributed by atoms with Gasteiger partial charge in [0.1, 0.15) is 12.3 Å². The first-order valence-corrected chi connectivity index (χ1v) is 5.85. The topological polar surface area (TPSA) is 54.5 Å². The van der Waals surface area contributed by atoms with Gasteiger partial charge in [0.25, 0.3) is 5.91 Å². The highest BCUT2D eigenvalue weighted by Gasteiger charge is 2.27. The quantitative estimate of drug-likeness (QED) is 0.812. The SMILES string of the molecule is CN(C)C(=O)c1cc(NCCOCC(F)(F)F)ccn1. The number of halogens is 3. The van der Waals surface area contributed by atoms with Crippen molar-refractivity contribution in [1.29, 1.82) is 0 Å². The van der Waals surface area contributed by atoms with Crippen LogP contribution in [0.1, 0.15) is 10.5 Å². The molecule has 0 aliphatic heterocycles. The fraction of sp³-hybridized carbons (Fsp3) is 0.500. The number of carbonyl (C=O) groups excluding carboxylic acids is 1. The summed E-state index contributed by atoms with van der Waals surface area (Å²) < 4.78 is 39.9. The monoisotopic (exact) mass is 291 g/mol. The highest BCUT2D eigenvalue weighted by Crippen LogP contribution is 2.14. The standard InChI is InChI=1S/C12H16F3N3O2/c1-18(2)11(19)10-7-9(3-4-17-10)16-5-6-20-8-12(13,14)15/h3-4,7H,5-6,8H2,1-2H3,(H,16,17). The van der Waals surface area contributed by atoms with Crippen molar-refractivity contribution in [3.05, 3.63) is 24.0 Å². The molecule has 0 aliphatic rings. The third kappa shape index (κ3) is 5.87. The fourth-order valence-electron chi connectivity index (χ4n) is 1.34. The van der Waals surface area contributed by atoms with Crippen LogP contribution in [0.2, 0.25) is 0 Å². The van der Waals surface area contributed by atoms with Crippen molar-refractivity contribution >= 4 is 11.6 Å². The lowest BCUT2D eigenvalue weighted by Gasteiger charge is -2.12. The summed E-state index contributed by atoms with van der Waals surface area (Å²) in [5.41, 5.74) is 0.858. The number of carbonyl (C=O) groups is 1. The summed E-state index contributed by atoms with van der Waals surface area (Å²) in [6.45, 7) is -1.15. The van der Waals surface area contributed by atoms with Crippen LogP contribution in [0.15, 0.2) is 18.3 Å². The van der Waals surface area contributed by atoms with E-state index < -0.39 is 12.8 Å². The molecule has 1 aromatic rings. The maximum absolute atomic E-state index is 11.8. The first-order chi connectivity index (χ1) is 9.29. The zero-order chi connectivity index (χ0) is 15.2. The highest BCUT2D eigenvalue weighted by molar-refractivity contribution is 5.92. The lowest BCUT2D eigenvalue weighted by Crippen LogP contribution is -2.23. The number of rotatable bonds is 6. The van der Waals surface area contributed by atoms with Crippen molar-refractivity contribution in [1.82, 2.24) is 9.88 Å². The Morgan fingerprint density at radius 3 is 2.75 bits per heavy atom. The van der Waals surface area contributed by atoms with Crippen LogP contribution in [0.5, 0.6) is 0 Å². The second kappa shape index (κ2) is 7.09. The van der Waals surface area contributed by atoms with Gasteiger partial charge in [-0.2, -0.15) is 13.2 Å². The molecule has 0 saturated carbocycles. The molecule has 5 nitrogen and oxygen atoms in total. The molecule has 0 aliphatic carbocycles. The van der Waals surface area contributed by atoms with Gasteiger partial charge in [0.05, 0.1) is 6.61 Å². The summed E-state index contributed by atoms with van der Waals surface area (Å²) >= 11 is 0. The van der Waals surface area contributed by atoms with E-state index in [9.17, 15) is 18.0 Å². The Kier molecular flexibility index (Phi) is 5.75. The van der Waals surface area contributed by atoms with Crippen LogP contribution in [0.4, 0.5) is 18.9 Å². The van der Waals surface area contributed by atoms with Gasteiger partial charge in [-0.3, -0.25) is 9.78 Å². The maximum Gasteiger partial charge on any atom is 0.411 e. The number of anilines is 1. The minimum atomic E-state index is -4.32. The molecule has 0 bridgehead atoms. The highest BCUT2D eigenvalue weighted by atomic mass is 19.4. The van der Waals surface area contributed by atoms with E-state index in [1.165, 1.54) is 17.2 Å². The Morgan fingerprint density at radius 2 is 2.15 bits per heavy atom. The van der Waals surface area contributed by atoms with E-state index in [4.69, 9.17) is 0 Å². The number of nitrogens with one attached hydrogen (secondary N) is 1. The summed E-state index contributed by atoms with van der Waals surface area (Å²) in [7, 11) is 3.21. The number of ether oxygens (including phenoxy) is 1. The molecule has 0 aromatic carbocycles. The van der Waals surface area contributed by atoms with Gasteiger partial charge in [-0.15, -0.1) is 0 Å². The van der Waals surface area contributed by atoms with Crippen LogP contribution in [-0.2, 0) is 4.74 Å². The molecule has 112 valence electrons. The van der Waals surface area contributed by atoms with Crippen molar-refractivity contribution in [2.75, 3.05) is 39.2 Å². The summed E-state index contributed by atoms with van der Waals surface area (Å²) in [5, 5.41) is 2.86. The molecule has 8 heteroatoms. The van der Waals surface area contributed by atoms with Gasteiger partial charge in [-0.05, 0) is 12.1 Å². The third-order valence-corrected chi connectivity index (χ3v) is 2.23. The molecular formula is C12H16F3N3O2. The molecule has 0 atom stereocenters. The van der Waals surface area contributed by atoms with Gasteiger partial charge in [0.15, 0.2) is 0 Å². The number of nitrogens with zero attached hydrogens (tertiary/aromatic N) is 2. The van der Waals surface area contributed by atoms with E-state index in [-0.39, 0.29) is 24.8 Å². The molecule has 0 spiro atoms. The van der Waals surface area contributed by atoms with Gasteiger partial charge in [0.2, 0.25) is 0 Å². The van der Waals surface area contributed by atoms with Crippen LogP contribution in [0.25, 0.3) is 0 Å². The first-order valence-electron chi connectivity index (χ1n) is 5.85. The predicted molar refractivity (Wildman–Crippen MR) is 67.6 cm³/mol. The van der Waals surface area contributed by atoms with Crippen LogP contribution in [0, 0.1) is 0 Å². The van der Waals surface area contributed by atoms with E-state index in [2.05, 4.69) is 15.0 Å². The summed E-state index contributed by atoms with van der Waals surface area (Å²) in [6, 6.07) is 3.16. The first kappa shape index (κ1) is 16.2. The molecule has 1 rings (SSSR count). The minimum absolute atomic E-state index is 0.0845. The predicted octanol–water partition coefficient (Wildman–Crippen LogP) is 1.77. The average Bonchev–Trinajstić information content (AvgIpc) is 2.36. The molecule has 20 heavy (non-hydrogen) atoms. The van der Waals surface area contributed by atoms with E-state index in [0.29, 0.717) is 5.69 Å². The molecule has 0 unspecified atom stereocenters. The number of amides is 1. The van der Waals surface area contributed by atoms with Crippen molar-refractivity contribution in [3.8, 4) is 0 Å². The van der Waals surface area contributed by atoms with Gasteiger partial charge in [0, 0.05) is 32.5 Å². The second-order valence-corrected chi connectivity index (χ2v) is 4.22. The van der Waals surface area contributed by atoms with E-state index in [0.717, 1.165) is 0 Å². The summed E-state index contributed by atoms with van der Waals surface area (Å²) in [5.74, 6) is -0.248. The third-order valence-electron chi connectivity index (χ3n) is 2.23. The molecule has 1 aromatic heterocycles. The van der Waals surface area contributed by atoms with Crippen LogP contribution >= 0.6 is 0 Å². The van der Waals surface area contributed by atoms with Gasteiger partial charge in [-0.25, -0.2) is 0 Å².